The van der Waals surface area contributed by atoms with Gasteiger partial charge in [0.05, 0.1) is 19.8 Å². The summed E-state index contributed by atoms with van der Waals surface area (Å²) in [4.78, 5) is 20.2. The second-order valence-electron chi connectivity index (χ2n) is 3.78. The van der Waals surface area contributed by atoms with Crippen LogP contribution in [0.2, 0.25) is 0 Å². The van der Waals surface area contributed by atoms with E-state index in [4.69, 9.17) is 9.84 Å². The van der Waals surface area contributed by atoms with Gasteiger partial charge in [0, 0.05) is 6.20 Å². The van der Waals surface area contributed by atoms with Crippen LogP contribution in [0.25, 0.3) is 0 Å². The molecule has 0 aliphatic carbocycles. The van der Waals surface area contributed by atoms with Gasteiger partial charge in [-0.25, -0.2) is 10.3 Å². The van der Waals surface area contributed by atoms with Crippen LogP contribution in [0.4, 0.5) is 5.82 Å². The molecule has 2 atom stereocenters. The molecule has 0 bridgehead atoms. The average Bonchev–Trinajstić information content (AvgIpc) is 2.78. The Bertz CT molecular complexity index is 434. The van der Waals surface area contributed by atoms with Gasteiger partial charge in [-0.05, 0) is 18.9 Å². The van der Waals surface area contributed by atoms with Crippen molar-refractivity contribution in [3.63, 3.8) is 0 Å². The summed E-state index contributed by atoms with van der Waals surface area (Å²) in [5.74, 6) is 0.352. The first-order chi connectivity index (χ1) is 8.24. The molecule has 0 saturated carbocycles. The quantitative estimate of drug-likeness (QED) is 0.715. The predicted molar refractivity (Wildman–Crippen MR) is 59.4 cm³/mol. The molecule has 1 aromatic rings. The van der Waals surface area contributed by atoms with Gasteiger partial charge < -0.3 is 9.84 Å². The summed E-state index contributed by atoms with van der Waals surface area (Å²) in [7, 11) is 1.44. The van der Waals surface area contributed by atoms with Crippen LogP contribution in [0.5, 0.6) is 0 Å². The molecule has 1 fully saturated rings. The first kappa shape index (κ1) is 12.0. The lowest BCUT2D eigenvalue weighted by molar-refractivity contribution is -0.0245. The SMILES string of the molecule is CONc1ccn(C2CCC(CO)O2)c(=O)n1. The van der Waals surface area contributed by atoms with E-state index in [2.05, 4.69) is 15.3 Å². The largest absolute Gasteiger partial charge is 0.394 e. The van der Waals surface area contributed by atoms with E-state index in [9.17, 15) is 4.79 Å². The minimum absolute atomic E-state index is 0.0258. The van der Waals surface area contributed by atoms with Gasteiger partial charge >= 0.3 is 5.69 Å². The molecule has 2 unspecified atom stereocenters. The molecular weight excluding hydrogens is 226 g/mol. The second-order valence-corrected chi connectivity index (χ2v) is 3.78. The average molecular weight is 241 g/mol. The molecule has 0 radical (unpaired) electrons. The zero-order valence-corrected chi connectivity index (χ0v) is 9.50. The van der Waals surface area contributed by atoms with Gasteiger partial charge in [0.15, 0.2) is 5.82 Å². The smallest absolute Gasteiger partial charge is 0.351 e. The van der Waals surface area contributed by atoms with Crippen LogP contribution in [0.15, 0.2) is 17.1 Å². The Balaban J connectivity index is 2.14. The number of aromatic nitrogens is 2. The molecule has 0 aromatic carbocycles. The van der Waals surface area contributed by atoms with Crippen molar-refractivity contribution in [2.24, 2.45) is 0 Å². The Kier molecular flexibility index (Phi) is 3.72. The van der Waals surface area contributed by atoms with Gasteiger partial charge in [-0.3, -0.25) is 9.40 Å². The van der Waals surface area contributed by atoms with Crippen LogP contribution in [-0.4, -0.2) is 34.5 Å². The van der Waals surface area contributed by atoms with E-state index >= 15 is 0 Å². The first-order valence-electron chi connectivity index (χ1n) is 5.39. The van der Waals surface area contributed by atoms with Gasteiger partial charge in [-0.1, -0.05) is 0 Å². The molecule has 94 valence electrons. The molecule has 1 aliphatic rings. The Morgan fingerprint density at radius 2 is 2.53 bits per heavy atom. The van der Waals surface area contributed by atoms with E-state index in [1.807, 2.05) is 0 Å². The van der Waals surface area contributed by atoms with E-state index in [1.54, 1.807) is 12.3 Å². The maximum Gasteiger partial charge on any atom is 0.351 e. The van der Waals surface area contributed by atoms with Crippen LogP contribution >= 0.6 is 0 Å². The van der Waals surface area contributed by atoms with Crippen molar-refractivity contribution in [2.75, 3.05) is 19.2 Å². The highest BCUT2D eigenvalue weighted by molar-refractivity contribution is 5.28. The molecule has 0 amide bonds. The number of aliphatic hydroxyl groups excluding tert-OH is 1. The number of hydrogen-bond acceptors (Lipinski definition) is 6. The standard InChI is InChI=1S/C10H15N3O4/c1-16-12-8-4-5-13(10(15)11-8)9-3-2-7(6-14)17-9/h4-5,7,9,14H,2-3,6H2,1H3,(H,11,12,15). The molecule has 1 aliphatic heterocycles. The summed E-state index contributed by atoms with van der Waals surface area (Å²) >= 11 is 0. The molecular formula is C10H15N3O4. The van der Waals surface area contributed by atoms with Gasteiger partial charge in [0.2, 0.25) is 0 Å². The number of aliphatic hydroxyl groups is 1. The lowest BCUT2D eigenvalue weighted by Gasteiger charge is -2.14. The highest BCUT2D eigenvalue weighted by Gasteiger charge is 2.26. The van der Waals surface area contributed by atoms with Gasteiger partial charge in [-0.2, -0.15) is 4.98 Å². The molecule has 2 heterocycles. The summed E-state index contributed by atoms with van der Waals surface area (Å²) in [6.07, 6.45) is 2.50. The lowest BCUT2D eigenvalue weighted by atomic mass is 10.2. The first-order valence-corrected chi connectivity index (χ1v) is 5.39. The third-order valence-corrected chi connectivity index (χ3v) is 2.64. The van der Waals surface area contributed by atoms with Crippen molar-refractivity contribution in [2.45, 2.75) is 25.2 Å². The highest BCUT2D eigenvalue weighted by atomic mass is 16.6. The molecule has 0 spiro atoms. The van der Waals surface area contributed by atoms with Gasteiger partial charge in [-0.15, -0.1) is 0 Å². The number of nitrogens with zero attached hydrogens (tertiary/aromatic N) is 2. The molecule has 1 saturated heterocycles. The minimum atomic E-state index is -0.407. The van der Waals surface area contributed by atoms with E-state index in [1.165, 1.54) is 11.7 Å². The van der Waals surface area contributed by atoms with Crippen LogP contribution in [0.3, 0.4) is 0 Å². The number of rotatable bonds is 4. The summed E-state index contributed by atoms with van der Waals surface area (Å²) < 4.78 is 6.91. The van der Waals surface area contributed by atoms with Crippen LogP contribution in [0.1, 0.15) is 19.1 Å². The summed E-state index contributed by atoms with van der Waals surface area (Å²) in [5.41, 5.74) is 2.07. The van der Waals surface area contributed by atoms with Crippen molar-refractivity contribution in [3.05, 3.63) is 22.7 Å². The molecule has 7 nitrogen and oxygen atoms in total. The van der Waals surface area contributed by atoms with Crippen LogP contribution in [0, 0.1) is 0 Å². The highest BCUT2D eigenvalue weighted by Crippen LogP contribution is 2.26. The lowest BCUT2D eigenvalue weighted by Crippen LogP contribution is -2.27. The third kappa shape index (κ3) is 2.63. The van der Waals surface area contributed by atoms with E-state index in [0.29, 0.717) is 12.2 Å². The Hall–Kier alpha value is -1.44. The number of hydrogen-bond donors (Lipinski definition) is 2. The Labute approximate surface area is 98.0 Å². The van der Waals surface area contributed by atoms with E-state index < -0.39 is 5.69 Å². The zero-order valence-electron chi connectivity index (χ0n) is 9.50. The molecule has 1 aromatic heterocycles. The van der Waals surface area contributed by atoms with Crippen LogP contribution < -0.4 is 11.2 Å². The number of nitrogens with one attached hydrogen (secondary N) is 1. The van der Waals surface area contributed by atoms with Crippen molar-refractivity contribution in [1.29, 1.82) is 0 Å². The number of ether oxygens (including phenoxy) is 1. The fourth-order valence-electron chi connectivity index (χ4n) is 1.82. The van der Waals surface area contributed by atoms with Crippen molar-refractivity contribution in [1.82, 2.24) is 9.55 Å². The van der Waals surface area contributed by atoms with Crippen LogP contribution in [-0.2, 0) is 9.57 Å². The van der Waals surface area contributed by atoms with E-state index in [0.717, 1.165) is 6.42 Å². The maximum absolute atomic E-state index is 11.7. The fourth-order valence-corrected chi connectivity index (χ4v) is 1.82. The third-order valence-electron chi connectivity index (χ3n) is 2.64. The fraction of sp³-hybridized carbons (Fsp3) is 0.600. The molecule has 17 heavy (non-hydrogen) atoms. The minimum Gasteiger partial charge on any atom is -0.394 e. The normalized spacial score (nSPS) is 23.9. The molecule has 7 heteroatoms. The van der Waals surface area contributed by atoms with Gasteiger partial charge in [0.25, 0.3) is 0 Å². The maximum atomic E-state index is 11.7. The van der Waals surface area contributed by atoms with Crippen molar-refractivity contribution in [3.8, 4) is 0 Å². The summed E-state index contributed by atoms with van der Waals surface area (Å²) in [5, 5.41) is 8.96. The Morgan fingerprint density at radius 3 is 3.12 bits per heavy atom. The van der Waals surface area contributed by atoms with Crippen molar-refractivity contribution < 1.29 is 14.7 Å². The molecule has 2 rings (SSSR count). The second kappa shape index (κ2) is 5.26. The zero-order chi connectivity index (χ0) is 12.3. The van der Waals surface area contributed by atoms with Crippen molar-refractivity contribution >= 4 is 5.82 Å². The number of anilines is 1. The Morgan fingerprint density at radius 1 is 1.71 bits per heavy atom. The monoisotopic (exact) mass is 241 g/mol. The summed E-state index contributed by atoms with van der Waals surface area (Å²) in [6.45, 7) is -0.0258. The summed E-state index contributed by atoms with van der Waals surface area (Å²) in [6, 6.07) is 1.63. The van der Waals surface area contributed by atoms with E-state index in [-0.39, 0.29) is 18.9 Å². The predicted octanol–water partition coefficient (Wildman–Crippen LogP) is -0.114. The molecule has 2 N–H and O–H groups in total. The topological polar surface area (TPSA) is 85.6 Å². The van der Waals surface area contributed by atoms with Gasteiger partial charge in [0.1, 0.15) is 6.23 Å².